The molecule has 1 spiro atoms. The minimum Gasteiger partial charge on any atom is -0.372 e. The van der Waals surface area contributed by atoms with Crippen LogP contribution in [-0.2, 0) is 6.42 Å². The van der Waals surface area contributed by atoms with Crippen LogP contribution in [0, 0.1) is 5.92 Å². The first-order chi connectivity index (χ1) is 14.9. The summed E-state index contributed by atoms with van der Waals surface area (Å²) in [6.45, 7) is 10.6. The predicted molar refractivity (Wildman–Crippen MR) is 127 cm³/mol. The van der Waals surface area contributed by atoms with E-state index in [1.54, 1.807) is 0 Å². The van der Waals surface area contributed by atoms with Crippen LogP contribution in [0.1, 0.15) is 64.4 Å². The van der Waals surface area contributed by atoms with E-state index in [0.29, 0.717) is 5.92 Å². The van der Waals surface area contributed by atoms with Gasteiger partial charge in [0.2, 0.25) is 0 Å². The normalized spacial score (nSPS) is 25.7. The summed E-state index contributed by atoms with van der Waals surface area (Å²) in [5.41, 5.74) is 3.25. The van der Waals surface area contributed by atoms with Crippen molar-refractivity contribution in [1.82, 2.24) is 15.1 Å². The molecule has 4 aliphatic heterocycles. The summed E-state index contributed by atoms with van der Waals surface area (Å²) >= 11 is 0. The van der Waals surface area contributed by atoms with Gasteiger partial charge in [0.25, 0.3) is 0 Å². The highest BCUT2D eigenvalue weighted by molar-refractivity contribution is 5.76. The third kappa shape index (κ3) is 4.57. The third-order valence-electron chi connectivity index (χ3n) is 8.16. The third-order valence-corrected chi connectivity index (χ3v) is 8.16. The van der Waals surface area contributed by atoms with Crippen molar-refractivity contribution in [3.05, 3.63) is 29.8 Å². The van der Waals surface area contributed by atoms with Gasteiger partial charge in [-0.25, -0.2) is 4.79 Å². The molecule has 1 aromatic carbocycles. The highest BCUT2D eigenvalue weighted by Crippen LogP contribution is 2.37. The number of piperidine rings is 2. The second kappa shape index (κ2) is 8.31. The number of urea groups is 1. The van der Waals surface area contributed by atoms with Crippen molar-refractivity contribution in [2.45, 2.75) is 76.3 Å². The molecule has 2 amide bonds. The van der Waals surface area contributed by atoms with E-state index in [1.165, 1.54) is 56.4 Å². The van der Waals surface area contributed by atoms with E-state index in [-0.39, 0.29) is 17.1 Å². The molecule has 4 saturated heterocycles. The zero-order chi connectivity index (χ0) is 21.5. The van der Waals surface area contributed by atoms with Crippen LogP contribution in [-0.4, -0.2) is 66.2 Å². The Labute approximate surface area is 188 Å². The molecule has 0 bridgehead atoms. The first-order valence-electron chi connectivity index (χ1n) is 12.6. The van der Waals surface area contributed by atoms with Crippen LogP contribution >= 0.6 is 0 Å². The van der Waals surface area contributed by atoms with E-state index in [4.69, 9.17) is 0 Å². The Morgan fingerprint density at radius 3 is 2.23 bits per heavy atom. The van der Waals surface area contributed by atoms with Crippen LogP contribution in [0.15, 0.2) is 24.3 Å². The van der Waals surface area contributed by atoms with Gasteiger partial charge in [0.1, 0.15) is 0 Å². The quantitative estimate of drug-likeness (QED) is 0.788. The molecule has 5 rings (SSSR count). The molecule has 0 aliphatic carbocycles. The van der Waals surface area contributed by atoms with Crippen LogP contribution in [0.25, 0.3) is 0 Å². The molecule has 4 heterocycles. The first-order valence-corrected chi connectivity index (χ1v) is 12.6. The molecule has 4 aliphatic rings. The number of amides is 2. The number of anilines is 1. The number of carbonyl (C=O) groups is 1. The van der Waals surface area contributed by atoms with Gasteiger partial charge in [-0.1, -0.05) is 12.1 Å². The summed E-state index contributed by atoms with van der Waals surface area (Å²) in [5.74, 6) is 0.699. The molecule has 170 valence electrons. The number of nitrogens with one attached hydrogen (secondary N) is 1. The number of hydrogen-bond acceptors (Lipinski definition) is 3. The number of rotatable bonds is 3. The molecular weight excluding hydrogens is 384 g/mol. The van der Waals surface area contributed by atoms with Gasteiger partial charge in [0, 0.05) is 50.5 Å². The maximum absolute atomic E-state index is 13.0. The van der Waals surface area contributed by atoms with Crippen LogP contribution in [0.4, 0.5) is 10.5 Å². The lowest BCUT2D eigenvalue weighted by Gasteiger charge is -2.51. The minimum atomic E-state index is 0.192. The van der Waals surface area contributed by atoms with Crippen molar-refractivity contribution in [1.29, 1.82) is 0 Å². The fraction of sp³-hybridized carbons (Fsp3) is 0.731. The molecule has 1 N–H and O–H groups in total. The lowest BCUT2D eigenvalue weighted by Crippen LogP contribution is -2.71. The first kappa shape index (κ1) is 21.1. The summed E-state index contributed by atoms with van der Waals surface area (Å²) in [6, 6.07) is 9.56. The lowest BCUT2D eigenvalue weighted by atomic mass is 9.88. The predicted octanol–water partition coefficient (Wildman–Crippen LogP) is 4.27. The van der Waals surface area contributed by atoms with Gasteiger partial charge in [-0.05, 0) is 88.8 Å². The molecular formula is C26H40N4O. The molecule has 0 saturated carbocycles. The Morgan fingerprint density at radius 2 is 1.61 bits per heavy atom. The minimum absolute atomic E-state index is 0.192. The molecule has 5 heteroatoms. The van der Waals surface area contributed by atoms with Crippen molar-refractivity contribution < 1.29 is 4.79 Å². The number of likely N-dealkylation sites (tertiary alicyclic amines) is 2. The summed E-state index contributed by atoms with van der Waals surface area (Å²) < 4.78 is 0. The molecule has 0 unspecified atom stereocenters. The van der Waals surface area contributed by atoms with Crippen molar-refractivity contribution in [2.75, 3.05) is 44.2 Å². The largest absolute Gasteiger partial charge is 0.372 e. The molecule has 31 heavy (non-hydrogen) atoms. The standard InChI is InChI=1S/C26H40N4O/c1-25(2)12-13-26(27-25)19-30(20-26)24(31)29-16-10-22(11-17-29)18-21-6-8-23(9-7-21)28-14-4-3-5-15-28/h6-9,22,27H,3-5,10-20H2,1-2H3. The maximum Gasteiger partial charge on any atom is 0.320 e. The van der Waals surface area contributed by atoms with Gasteiger partial charge >= 0.3 is 6.03 Å². The van der Waals surface area contributed by atoms with E-state index in [0.717, 1.165) is 45.4 Å². The number of nitrogens with zero attached hydrogens (tertiary/aromatic N) is 3. The van der Waals surface area contributed by atoms with E-state index < -0.39 is 0 Å². The summed E-state index contributed by atoms with van der Waals surface area (Å²) in [5, 5.41) is 3.77. The van der Waals surface area contributed by atoms with E-state index in [1.807, 2.05) is 0 Å². The summed E-state index contributed by atoms with van der Waals surface area (Å²) in [4.78, 5) is 19.6. The Hall–Kier alpha value is -1.75. The van der Waals surface area contributed by atoms with Crippen LogP contribution in [0.5, 0.6) is 0 Å². The Bertz CT molecular complexity index is 769. The van der Waals surface area contributed by atoms with Crippen molar-refractivity contribution in [2.24, 2.45) is 5.92 Å². The van der Waals surface area contributed by atoms with Gasteiger partial charge in [-0.15, -0.1) is 0 Å². The van der Waals surface area contributed by atoms with Gasteiger partial charge in [-0.2, -0.15) is 0 Å². The maximum atomic E-state index is 13.0. The topological polar surface area (TPSA) is 38.8 Å². The van der Waals surface area contributed by atoms with Crippen LogP contribution < -0.4 is 10.2 Å². The van der Waals surface area contributed by atoms with Crippen molar-refractivity contribution in [3.8, 4) is 0 Å². The highest BCUT2D eigenvalue weighted by atomic mass is 16.2. The Balaban J connectivity index is 1.07. The molecule has 0 aromatic heterocycles. The summed E-state index contributed by atoms with van der Waals surface area (Å²) in [7, 11) is 0. The average Bonchev–Trinajstić information content (AvgIpc) is 3.10. The Kier molecular flexibility index (Phi) is 5.66. The van der Waals surface area contributed by atoms with Gasteiger partial charge < -0.3 is 20.0 Å². The van der Waals surface area contributed by atoms with E-state index >= 15 is 0 Å². The number of carbonyl (C=O) groups excluding carboxylic acids is 1. The van der Waals surface area contributed by atoms with Crippen LogP contribution in [0.3, 0.4) is 0 Å². The smallest absolute Gasteiger partial charge is 0.320 e. The fourth-order valence-electron chi connectivity index (χ4n) is 6.31. The zero-order valence-corrected chi connectivity index (χ0v) is 19.5. The van der Waals surface area contributed by atoms with E-state index in [9.17, 15) is 4.79 Å². The molecule has 4 fully saturated rings. The van der Waals surface area contributed by atoms with Crippen molar-refractivity contribution in [3.63, 3.8) is 0 Å². The van der Waals surface area contributed by atoms with E-state index in [2.05, 4.69) is 58.1 Å². The number of hydrogen-bond donors (Lipinski definition) is 1. The SMILES string of the molecule is CC1(C)CCC2(CN(C(=O)N3CCC(Cc4ccc(N5CCCCC5)cc4)CC3)C2)N1. The second-order valence-electron chi connectivity index (χ2n) is 11.3. The second-order valence-corrected chi connectivity index (χ2v) is 11.3. The Morgan fingerprint density at radius 1 is 0.935 bits per heavy atom. The van der Waals surface area contributed by atoms with Gasteiger partial charge in [0.15, 0.2) is 0 Å². The van der Waals surface area contributed by atoms with Gasteiger partial charge in [0.05, 0.1) is 5.54 Å². The highest BCUT2D eigenvalue weighted by Gasteiger charge is 2.52. The average molecular weight is 425 g/mol. The van der Waals surface area contributed by atoms with Crippen molar-refractivity contribution >= 4 is 11.7 Å². The molecule has 1 aromatic rings. The molecule has 0 radical (unpaired) electrons. The fourth-order valence-corrected chi connectivity index (χ4v) is 6.31. The monoisotopic (exact) mass is 424 g/mol. The van der Waals surface area contributed by atoms with Gasteiger partial charge in [-0.3, -0.25) is 0 Å². The molecule has 5 nitrogen and oxygen atoms in total. The number of benzene rings is 1. The lowest BCUT2D eigenvalue weighted by molar-refractivity contribution is 0.0485. The molecule has 0 atom stereocenters. The summed E-state index contributed by atoms with van der Waals surface area (Å²) in [6.07, 6.45) is 9.84. The van der Waals surface area contributed by atoms with Crippen LogP contribution in [0.2, 0.25) is 0 Å². The zero-order valence-electron chi connectivity index (χ0n) is 19.5.